The molecule has 0 aliphatic heterocycles. The standard InChI is InChI=1S/C15H18N2O2S/c1-11(14-9-6-10-20-14)17(2)15(18)16-12-7-4-5-8-13(12)19-3/h4-11H,1-3H3,(H,16,18). The highest BCUT2D eigenvalue weighted by Gasteiger charge is 2.19. The first kappa shape index (κ1) is 14.4. The average molecular weight is 290 g/mol. The number of nitrogens with zero attached hydrogens (tertiary/aromatic N) is 1. The summed E-state index contributed by atoms with van der Waals surface area (Å²) >= 11 is 1.64. The third-order valence-electron chi connectivity index (χ3n) is 3.20. The summed E-state index contributed by atoms with van der Waals surface area (Å²) in [6.45, 7) is 2.01. The minimum atomic E-state index is -0.157. The number of thiophene rings is 1. The normalized spacial score (nSPS) is 11.8. The Morgan fingerprint density at radius 1 is 1.30 bits per heavy atom. The van der Waals surface area contributed by atoms with Crippen molar-refractivity contribution in [3.63, 3.8) is 0 Å². The molecule has 4 nitrogen and oxygen atoms in total. The van der Waals surface area contributed by atoms with E-state index in [1.165, 1.54) is 0 Å². The molecule has 106 valence electrons. The predicted octanol–water partition coefficient (Wildman–Crippen LogP) is 3.98. The average Bonchev–Trinajstić information content (AvgIpc) is 3.00. The van der Waals surface area contributed by atoms with E-state index < -0.39 is 0 Å². The fourth-order valence-electron chi connectivity index (χ4n) is 1.85. The zero-order chi connectivity index (χ0) is 14.5. The molecule has 2 amide bonds. The molecule has 1 aromatic heterocycles. The molecule has 0 aliphatic carbocycles. The minimum absolute atomic E-state index is 0.0321. The lowest BCUT2D eigenvalue weighted by atomic mass is 10.2. The Kier molecular flexibility index (Phi) is 4.63. The zero-order valence-corrected chi connectivity index (χ0v) is 12.6. The number of carbonyl (C=O) groups excluding carboxylic acids is 1. The Bertz CT molecular complexity index is 569. The number of amides is 2. The lowest BCUT2D eigenvalue weighted by molar-refractivity contribution is 0.209. The van der Waals surface area contributed by atoms with Gasteiger partial charge in [0.25, 0.3) is 0 Å². The van der Waals surface area contributed by atoms with Crippen LogP contribution in [0.5, 0.6) is 5.75 Å². The third-order valence-corrected chi connectivity index (χ3v) is 4.25. The van der Waals surface area contributed by atoms with Crippen molar-refractivity contribution >= 4 is 23.1 Å². The van der Waals surface area contributed by atoms with Crippen LogP contribution in [-0.2, 0) is 0 Å². The van der Waals surface area contributed by atoms with Crippen molar-refractivity contribution in [1.82, 2.24) is 4.90 Å². The van der Waals surface area contributed by atoms with Gasteiger partial charge in [-0.15, -0.1) is 11.3 Å². The molecule has 1 N–H and O–H groups in total. The maximum atomic E-state index is 12.3. The van der Waals surface area contributed by atoms with E-state index in [-0.39, 0.29) is 12.1 Å². The van der Waals surface area contributed by atoms with Crippen LogP contribution in [0.2, 0.25) is 0 Å². The largest absolute Gasteiger partial charge is 0.495 e. The number of rotatable bonds is 4. The van der Waals surface area contributed by atoms with Crippen LogP contribution in [0.15, 0.2) is 41.8 Å². The maximum absolute atomic E-state index is 12.3. The van der Waals surface area contributed by atoms with Crippen LogP contribution in [-0.4, -0.2) is 25.1 Å². The summed E-state index contributed by atoms with van der Waals surface area (Å²) in [7, 11) is 3.37. The number of urea groups is 1. The molecule has 2 rings (SSSR count). The van der Waals surface area contributed by atoms with E-state index in [1.807, 2.05) is 48.7 Å². The van der Waals surface area contributed by atoms with Gasteiger partial charge in [-0.1, -0.05) is 18.2 Å². The molecular formula is C15H18N2O2S. The first-order chi connectivity index (χ1) is 9.63. The molecule has 0 spiro atoms. The highest BCUT2D eigenvalue weighted by molar-refractivity contribution is 7.10. The number of carbonyl (C=O) groups is 1. The van der Waals surface area contributed by atoms with Gasteiger partial charge >= 0.3 is 6.03 Å². The summed E-state index contributed by atoms with van der Waals surface area (Å²) in [5.74, 6) is 0.651. The number of anilines is 1. The van der Waals surface area contributed by atoms with E-state index in [4.69, 9.17) is 4.74 Å². The van der Waals surface area contributed by atoms with Gasteiger partial charge in [0, 0.05) is 11.9 Å². The number of para-hydroxylation sites is 2. The van der Waals surface area contributed by atoms with E-state index in [9.17, 15) is 4.79 Å². The van der Waals surface area contributed by atoms with Gasteiger partial charge in [-0.05, 0) is 30.5 Å². The number of hydrogen-bond donors (Lipinski definition) is 1. The van der Waals surface area contributed by atoms with E-state index in [1.54, 1.807) is 30.4 Å². The van der Waals surface area contributed by atoms with Crippen LogP contribution >= 0.6 is 11.3 Å². The summed E-state index contributed by atoms with van der Waals surface area (Å²) in [5.41, 5.74) is 0.672. The Balaban J connectivity index is 2.08. The van der Waals surface area contributed by atoms with Crippen molar-refractivity contribution in [3.05, 3.63) is 46.7 Å². The van der Waals surface area contributed by atoms with Gasteiger partial charge in [-0.25, -0.2) is 4.79 Å². The van der Waals surface area contributed by atoms with Gasteiger partial charge < -0.3 is 15.0 Å². The fourth-order valence-corrected chi connectivity index (χ4v) is 2.67. The third kappa shape index (κ3) is 3.11. The van der Waals surface area contributed by atoms with E-state index >= 15 is 0 Å². The lowest BCUT2D eigenvalue weighted by Crippen LogP contribution is -2.33. The van der Waals surface area contributed by atoms with Gasteiger partial charge in [0.2, 0.25) is 0 Å². The molecule has 0 saturated heterocycles. The summed E-state index contributed by atoms with van der Waals surface area (Å²) in [5, 5.41) is 4.88. The van der Waals surface area contributed by atoms with Gasteiger partial charge in [0.1, 0.15) is 5.75 Å². The molecular weight excluding hydrogens is 272 g/mol. The number of methoxy groups -OCH3 is 1. The van der Waals surface area contributed by atoms with Crippen LogP contribution in [0, 0.1) is 0 Å². The predicted molar refractivity (Wildman–Crippen MR) is 82.5 cm³/mol. The van der Waals surface area contributed by atoms with Crippen molar-refractivity contribution in [2.45, 2.75) is 13.0 Å². The van der Waals surface area contributed by atoms with Gasteiger partial charge in [-0.2, -0.15) is 0 Å². The molecule has 1 aromatic carbocycles. The van der Waals surface area contributed by atoms with Crippen LogP contribution in [0.1, 0.15) is 17.8 Å². The van der Waals surface area contributed by atoms with Crippen molar-refractivity contribution in [1.29, 1.82) is 0 Å². The SMILES string of the molecule is COc1ccccc1NC(=O)N(C)C(C)c1cccs1. The topological polar surface area (TPSA) is 41.6 Å². The van der Waals surface area contributed by atoms with E-state index in [0.29, 0.717) is 11.4 Å². The molecule has 5 heteroatoms. The van der Waals surface area contributed by atoms with Crippen LogP contribution < -0.4 is 10.1 Å². The summed E-state index contributed by atoms with van der Waals surface area (Å²) in [6.07, 6.45) is 0. The number of nitrogens with one attached hydrogen (secondary N) is 1. The number of hydrogen-bond acceptors (Lipinski definition) is 3. The second-order valence-corrected chi connectivity index (χ2v) is 5.41. The quantitative estimate of drug-likeness (QED) is 0.925. The van der Waals surface area contributed by atoms with Crippen LogP contribution in [0.3, 0.4) is 0 Å². The van der Waals surface area contributed by atoms with Crippen LogP contribution in [0.4, 0.5) is 10.5 Å². The lowest BCUT2D eigenvalue weighted by Gasteiger charge is -2.24. The fraction of sp³-hybridized carbons (Fsp3) is 0.267. The number of benzene rings is 1. The molecule has 0 radical (unpaired) electrons. The molecule has 1 unspecified atom stereocenters. The minimum Gasteiger partial charge on any atom is -0.495 e. The first-order valence-electron chi connectivity index (χ1n) is 6.33. The number of ether oxygens (including phenoxy) is 1. The van der Waals surface area contributed by atoms with Gasteiger partial charge in [0.05, 0.1) is 18.8 Å². The molecule has 1 heterocycles. The van der Waals surface area contributed by atoms with Crippen LogP contribution in [0.25, 0.3) is 0 Å². The Hall–Kier alpha value is -2.01. The molecule has 2 aromatic rings. The second kappa shape index (κ2) is 6.43. The molecule has 0 aliphatic rings. The van der Waals surface area contributed by atoms with Crippen molar-refractivity contribution in [3.8, 4) is 5.75 Å². The summed E-state index contributed by atoms with van der Waals surface area (Å²) in [6, 6.07) is 11.3. The zero-order valence-electron chi connectivity index (χ0n) is 11.8. The van der Waals surface area contributed by atoms with Gasteiger partial charge in [0.15, 0.2) is 0 Å². The summed E-state index contributed by atoms with van der Waals surface area (Å²) < 4.78 is 5.23. The molecule has 0 saturated carbocycles. The molecule has 0 fully saturated rings. The monoisotopic (exact) mass is 290 g/mol. The van der Waals surface area contributed by atoms with Gasteiger partial charge in [-0.3, -0.25) is 0 Å². The van der Waals surface area contributed by atoms with E-state index in [0.717, 1.165) is 4.88 Å². The second-order valence-electron chi connectivity index (χ2n) is 4.43. The maximum Gasteiger partial charge on any atom is 0.322 e. The van der Waals surface area contributed by atoms with E-state index in [2.05, 4.69) is 5.32 Å². The summed E-state index contributed by atoms with van der Waals surface area (Å²) in [4.78, 5) is 15.1. The highest BCUT2D eigenvalue weighted by Crippen LogP contribution is 2.26. The van der Waals surface area contributed by atoms with Crippen molar-refractivity contribution < 1.29 is 9.53 Å². The Morgan fingerprint density at radius 3 is 2.70 bits per heavy atom. The molecule has 20 heavy (non-hydrogen) atoms. The molecule has 0 bridgehead atoms. The van der Waals surface area contributed by atoms with Crippen molar-refractivity contribution in [2.75, 3.05) is 19.5 Å². The molecule has 1 atom stereocenters. The first-order valence-corrected chi connectivity index (χ1v) is 7.21. The van der Waals surface area contributed by atoms with Crippen molar-refractivity contribution in [2.24, 2.45) is 0 Å². The Labute approximate surface area is 123 Å². The Morgan fingerprint density at radius 2 is 2.05 bits per heavy atom. The smallest absolute Gasteiger partial charge is 0.322 e. The highest BCUT2D eigenvalue weighted by atomic mass is 32.1.